The molecule has 0 aliphatic carbocycles. The van der Waals surface area contributed by atoms with Crippen molar-refractivity contribution < 1.29 is 0 Å². The van der Waals surface area contributed by atoms with Crippen LogP contribution in [0.1, 0.15) is 24.5 Å². The predicted molar refractivity (Wildman–Crippen MR) is 82.9 cm³/mol. The fraction of sp³-hybridized carbons (Fsp3) is 0.176. The zero-order chi connectivity index (χ0) is 13.0. The summed E-state index contributed by atoms with van der Waals surface area (Å²) in [5.74, 6) is 0. The minimum absolute atomic E-state index is 0.186. The SMILES string of the molecule is C=C(CC(C)(S)c1ccccc1)c1ccccc1. The standard InChI is InChI=1S/C17H18S/c1-14(15-9-5-3-6-10-15)13-17(2,18)16-11-7-4-8-12-16/h3-12,18H,1,13H2,2H3. The number of benzene rings is 2. The first kappa shape index (κ1) is 13.0. The average Bonchev–Trinajstić information content (AvgIpc) is 2.40. The van der Waals surface area contributed by atoms with Gasteiger partial charge in [0.05, 0.1) is 0 Å². The maximum atomic E-state index is 4.81. The summed E-state index contributed by atoms with van der Waals surface area (Å²) in [5, 5.41) is 0. The monoisotopic (exact) mass is 254 g/mol. The van der Waals surface area contributed by atoms with Crippen LogP contribution >= 0.6 is 12.6 Å². The molecule has 0 aliphatic rings. The van der Waals surface area contributed by atoms with Gasteiger partial charge in [0.1, 0.15) is 0 Å². The Morgan fingerprint density at radius 2 is 1.50 bits per heavy atom. The molecule has 92 valence electrons. The van der Waals surface area contributed by atoms with E-state index in [4.69, 9.17) is 12.6 Å². The summed E-state index contributed by atoms with van der Waals surface area (Å²) < 4.78 is -0.186. The van der Waals surface area contributed by atoms with Gasteiger partial charge in [0.25, 0.3) is 0 Å². The topological polar surface area (TPSA) is 0 Å². The third-order valence-electron chi connectivity index (χ3n) is 3.14. The molecule has 1 atom stereocenters. The second-order valence-electron chi connectivity index (χ2n) is 4.79. The molecular formula is C17H18S. The highest BCUT2D eigenvalue weighted by Crippen LogP contribution is 2.36. The van der Waals surface area contributed by atoms with Gasteiger partial charge in [-0.1, -0.05) is 67.2 Å². The van der Waals surface area contributed by atoms with E-state index in [0.29, 0.717) is 0 Å². The summed E-state index contributed by atoms with van der Waals surface area (Å²) >= 11 is 4.81. The van der Waals surface area contributed by atoms with Crippen LogP contribution in [0.15, 0.2) is 67.2 Å². The normalized spacial score (nSPS) is 13.9. The fourth-order valence-electron chi connectivity index (χ4n) is 2.09. The van der Waals surface area contributed by atoms with Crippen LogP contribution in [0.2, 0.25) is 0 Å². The van der Waals surface area contributed by atoms with Crippen LogP contribution in [0.5, 0.6) is 0 Å². The van der Waals surface area contributed by atoms with Crippen LogP contribution in [-0.2, 0) is 4.75 Å². The van der Waals surface area contributed by atoms with Crippen molar-refractivity contribution in [1.29, 1.82) is 0 Å². The Bertz CT molecular complexity index is 512. The van der Waals surface area contributed by atoms with E-state index in [9.17, 15) is 0 Å². The van der Waals surface area contributed by atoms with Crippen molar-refractivity contribution in [2.24, 2.45) is 0 Å². The molecule has 0 amide bonds. The smallest absolute Gasteiger partial charge is 0.0390 e. The first-order chi connectivity index (χ1) is 8.59. The Kier molecular flexibility index (Phi) is 3.93. The van der Waals surface area contributed by atoms with Crippen molar-refractivity contribution in [1.82, 2.24) is 0 Å². The molecule has 1 heteroatoms. The number of rotatable bonds is 4. The van der Waals surface area contributed by atoms with Crippen molar-refractivity contribution >= 4 is 18.2 Å². The summed E-state index contributed by atoms with van der Waals surface area (Å²) in [4.78, 5) is 0. The van der Waals surface area contributed by atoms with E-state index < -0.39 is 0 Å². The van der Waals surface area contributed by atoms with E-state index in [0.717, 1.165) is 12.0 Å². The van der Waals surface area contributed by atoms with Crippen LogP contribution in [0.25, 0.3) is 5.57 Å². The second-order valence-corrected chi connectivity index (χ2v) is 5.77. The quantitative estimate of drug-likeness (QED) is 0.734. The van der Waals surface area contributed by atoms with Crippen molar-refractivity contribution in [3.63, 3.8) is 0 Å². The van der Waals surface area contributed by atoms with Gasteiger partial charge < -0.3 is 0 Å². The lowest BCUT2D eigenvalue weighted by atomic mass is 9.90. The Hall–Kier alpha value is -1.47. The molecule has 2 aromatic carbocycles. The Morgan fingerprint density at radius 1 is 1.00 bits per heavy atom. The first-order valence-electron chi connectivity index (χ1n) is 6.11. The van der Waals surface area contributed by atoms with Crippen molar-refractivity contribution in [3.05, 3.63) is 78.4 Å². The van der Waals surface area contributed by atoms with E-state index in [1.54, 1.807) is 0 Å². The maximum absolute atomic E-state index is 4.81. The first-order valence-corrected chi connectivity index (χ1v) is 6.55. The van der Waals surface area contributed by atoms with E-state index in [-0.39, 0.29) is 4.75 Å². The van der Waals surface area contributed by atoms with Crippen molar-refractivity contribution in [2.75, 3.05) is 0 Å². The lowest BCUT2D eigenvalue weighted by Gasteiger charge is -2.25. The molecule has 0 nitrogen and oxygen atoms in total. The highest BCUT2D eigenvalue weighted by atomic mass is 32.1. The molecule has 0 saturated carbocycles. The molecule has 2 aromatic rings. The van der Waals surface area contributed by atoms with Crippen LogP contribution < -0.4 is 0 Å². The third-order valence-corrected chi connectivity index (χ3v) is 3.55. The molecule has 1 unspecified atom stereocenters. The molecule has 0 radical (unpaired) electrons. The summed E-state index contributed by atoms with van der Waals surface area (Å²) in [5.41, 5.74) is 3.54. The lowest BCUT2D eigenvalue weighted by molar-refractivity contribution is 0.724. The van der Waals surface area contributed by atoms with Crippen molar-refractivity contribution in [2.45, 2.75) is 18.1 Å². The molecule has 0 heterocycles. The number of hydrogen-bond donors (Lipinski definition) is 1. The van der Waals surface area contributed by atoms with E-state index in [1.807, 2.05) is 24.3 Å². The van der Waals surface area contributed by atoms with E-state index in [1.165, 1.54) is 11.1 Å². The van der Waals surface area contributed by atoms with Gasteiger partial charge in [0.15, 0.2) is 0 Å². The van der Waals surface area contributed by atoms with Crippen molar-refractivity contribution in [3.8, 4) is 0 Å². The van der Waals surface area contributed by atoms with Gasteiger partial charge >= 0.3 is 0 Å². The molecule has 0 saturated heterocycles. The largest absolute Gasteiger partial charge is 0.168 e. The minimum atomic E-state index is -0.186. The zero-order valence-electron chi connectivity index (χ0n) is 10.6. The molecule has 18 heavy (non-hydrogen) atoms. The molecule has 0 N–H and O–H groups in total. The summed E-state index contributed by atoms with van der Waals surface area (Å²) in [6.45, 7) is 6.33. The van der Waals surface area contributed by atoms with Gasteiger partial charge in [-0.15, -0.1) is 0 Å². The maximum Gasteiger partial charge on any atom is 0.0390 e. The van der Waals surface area contributed by atoms with E-state index >= 15 is 0 Å². The Balaban J connectivity index is 2.17. The molecule has 0 aliphatic heterocycles. The van der Waals surface area contributed by atoms with Gasteiger partial charge in [0, 0.05) is 4.75 Å². The van der Waals surface area contributed by atoms with Gasteiger partial charge in [-0.3, -0.25) is 0 Å². The molecule has 2 rings (SSSR count). The Labute approximate surface area is 115 Å². The van der Waals surface area contributed by atoms with Gasteiger partial charge in [-0.25, -0.2) is 0 Å². The molecule has 0 spiro atoms. The average molecular weight is 254 g/mol. The van der Waals surface area contributed by atoms with Crippen LogP contribution in [0.4, 0.5) is 0 Å². The fourth-order valence-corrected chi connectivity index (χ4v) is 2.43. The number of thiol groups is 1. The number of allylic oxidation sites excluding steroid dienone is 1. The van der Waals surface area contributed by atoms with Crippen LogP contribution in [-0.4, -0.2) is 0 Å². The molecule has 0 bridgehead atoms. The molecular weight excluding hydrogens is 236 g/mol. The minimum Gasteiger partial charge on any atom is -0.168 e. The third kappa shape index (κ3) is 3.05. The van der Waals surface area contributed by atoms with E-state index in [2.05, 4.69) is 49.9 Å². The second kappa shape index (κ2) is 5.45. The highest BCUT2D eigenvalue weighted by molar-refractivity contribution is 7.81. The zero-order valence-corrected chi connectivity index (χ0v) is 11.5. The summed E-state index contributed by atoms with van der Waals surface area (Å²) in [6, 6.07) is 20.7. The number of hydrogen-bond acceptors (Lipinski definition) is 1. The van der Waals surface area contributed by atoms with Gasteiger partial charge in [-0.2, -0.15) is 12.6 Å². The summed E-state index contributed by atoms with van der Waals surface area (Å²) in [7, 11) is 0. The predicted octanol–water partition coefficient (Wildman–Crippen LogP) is 4.94. The lowest BCUT2D eigenvalue weighted by Crippen LogP contribution is -2.14. The summed E-state index contributed by atoms with van der Waals surface area (Å²) in [6.07, 6.45) is 0.837. The molecule has 0 fully saturated rings. The van der Waals surface area contributed by atoms with Gasteiger partial charge in [-0.05, 0) is 30.0 Å². The van der Waals surface area contributed by atoms with Gasteiger partial charge in [0.2, 0.25) is 0 Å². The molecule has 0 aromatic heterocycles. The highest BCUT2D eigenvalue weighted by Gasteiger charge is 2.22. The Morgan fingerprint density at radius 3 is 2.06 bits per heavy atom. The van der Waals surface area contributed by atoms with Crippen LogP contribution in [0, 0.1) is 0 Å². The van der Waals surface area contributed by atoms with Crippen LogP contribution in [0.3, 0.4) is 0 Å².